The van der Waals surface area contributed by atoms with Crippen molar-refractivity contribution in [2.75, 3.05) is 7.11 Å². The highest BCUT2D eigenvalue weighted by molar-refractivity contribution is 5.97. The molecule has 4 aromatic rings. The first-order chi connectivity index (χ1) is 11.8. The predicted octanol–water partition coefficient (Wildman–Crippen LogP) is 4.87. The first-order valence-electron chi connectivity index (χ1n) is 7.72. The highest BCUT2D eigenvalue weighted by atomic mass is 16.5. The van der Waals surface area contributed by atoms with Gasteiger partial charge in [0.2, 0.25) is 0 Å². The van der Waals surface area contributed by atoms with E-state index in [9.17, 15) is 0 Å². The first kappa shape index (κ1) is 14.5. The van der Waals surface area contributed by atoms with E-state index in [2.05, 4.69) is 16.2 Å². The lowest BCUT2D eigenvalue weighted by Gasteiger charge is -2.08. The molecule has 0 N–H and O–H groups in total. The maximum absolute atomic E-state index is 5.62. The fourth-order valence-electron chi connectivity index (χ4n) is 2.93. The Kier molecular flexibility index (Phi) is 3.50. The van der Waals surface area contributed by atoms with Crippen LogP contribution in [0.5, 0.6) is 5.75 Å². The third-order valence-corrected chi connectivity index (χ3v) is 4.04. The van der Waals surface area contributed by atoms with Crippen molar-refractivity contribution in [1.29, 1.82) is 0 Å². The van der Waals surface area contributed by atoms with Crippen LogP contribution in [0.3, 0.4) is 0 Å². The maximum Gasteiger partial charge on any atom is 0.175 e. The highest BCUT2D eigenvalue weighted by Crippen LogP contribution is 2.37. The van der Waals surface area contributed by atoms with Gasteiger partial charge in [0.05, 0.1) is 18.8 Å². The van der Waals surface area contributed by atoms with Crippen LogP contribution in [0.25, 0.3) is 33.4 Å². The van der Waals surface area contributed by atoms with Crippen molar-refractivity contribution in [2.24, 2.45) is 0 Å². The molecule has 0 saturated carbocycles. The van der Waals surface area contributed by atoms with Crippen molar-refractivity contribution in [2.45, 2.75) is 6.92 Å². The van der Waals surface area contributed by atoms with E-state index in [1.807, 2.05) is 55.5 Å². The number of aromatic nitrogens is 2. The second-order valence-corrected chi connectivity index (χ2v) is 5.63. The van der Waals surface area contributed by atoms with E-state index in [4.69, 9.17) is 9.26 Å². The molecule has 4 nitrogen and oxygen atoms in total. The molecule has 0 amide bonds. The number of nitrogens with zero attached hydrogens (tertiary/aromatic N) is 2. The minimum Gasteiger partial charge on any atom is -0.497 e. The van der Waals surface area contributed by atoms with Crippen molar-refractivity contribution in [1.82, 2.24) is 10.1 Å². The van der Waals surface area contributed by atoms with Gasteiger partial charge in [-0.2, -0.15) is 0 Å². The summed E-state index contributed by atoms with van der Waals surface area (Å²) in [4.78, 5) is 4.59. The van der Waals surface area contributed by atoms with Crippen LogP contribution in [0.2, 0.25) is 0 Å². The summed E-state index contributed by atoms with van der Waals surface area (Å²) in [6.45, 7) is 1.98. The lowest BCUT2D eigenvalue weighted by molar-refractivity contribution is 0.415. The van der Waals surface area contributed by atoms with Gasteiger partial charge in [-0.05, 0) is 36.8 Å². The van der Waals surface area contributed by atoms with Gasteiger partial charge < -0.3 is 9.26 Å². The second kappa shape index (κ2) is 5.81. The van der Waals surface area contributed by atoms with Crippen LogP contribution in [-0.2, 0) is 0 Å². The lowest BCUT2D eigenvalue weighted by Crippen LogP contribution is -1.89. The summed E-state index contributed by atoms with van der Waals surface area (Å²) in [6, 6.07) is 18.0. The molecule has 0 aliphatic heterocycles. The Morgan fingerprint density at radius 1 is 0.958 bits per heavy atom. The van der Waals surface area contributed by atoms with Gasteiger partial charge in [-0.15, -0.1) is 0 Å². The molecule has 24 heavy (non-hydrogen) atoms. The number of para-hydroxylation sites is 1. The summed E-state index contributed by atoms with van der Waals surface area (Å²) in [5.41, 5.74) is 4.82. The summed E-state index contributed by atoms with van der Waals surface area (Å²) >= 11 is 0. The lowest BCUT2D eigenvalue weighted by atomic mass is 9.99. The molecule has 0 bridgehead atoms. The quantitative estimate of drug-likeness (QED) is 0.541. The molecule has 4 rings (SSSR count). The van der Waals surface area contributed by atoms with Crippen LogP contribution in [-0.4, -0.2) is 17.3 Å². The third kappa shape index (κ3) is 2.42. The zero-order chi connectivity index (χ0) is 16.5. The largest absolute Gasteiger partial charge is 0.497 e. The van der Waals surface area contributed by atoms with Crippen molar-refractivity contribution in [3.05, 3.63) is 66.5 Å². The predicted molar refractivity (Wildman–Crippen MR) is 94.0 cm³/mol. The van der Waals surface area contributed by atoms with Crippen LogP contribution in [0, 0.1) is 6.92 Å². The molecule has 4 heteroatoms. The number of ether oxygens (including phenoxy) is 1. The number of pyridine rings is 1. The van der Waals surface area contributed by atoms with Gasteiger partial charge in [-0.25, -0.2) is 0 Å². The summed E-state index contributed by atoms with van der Waals surface area (Å²) in [5.74, 6) is 1.54. The van der Waals surface area contributed by atoms with Gasteiger partial charge in [0.25, 0.3) is 0 Å². The fourth-order valence-corrected chi connectivity index (χ4v) is 2.93. The maximum atomic E-state index is 5.62. The molecular formula is C20H16N2O2. The SMILES string of the molecule is COc1cccc(-c2cnoc2-c2cc(C)nc3ccccc23)c1. The van der Waals surface area contributed by atoms with E-state index in [0.29, 0.717) is 0 Å². The number of benzene rings is 2. The number of methoxy groups -OCH3 is 1. The van der Waals surface area contributed by atoms with Gasteiger partial charge in [-0.1, -0.05) is 35.5 Å². The van der Waals surface area contributed by atoms with Crippen LogP contribution >= 0.6 is 0 Å². The molecule has 2 heterocycles. The summed E-state index contributed by atoms with van der Waals surface area (Å²) in [6.07, 6.45) is 1.74. The van der Waals surface area contributed by atoms with Crippen LogP contribution in [0.4, 0.5) is 0 Å². The van der Waals surface area contributed by atoms with E-state index in [1.54, 1.807) is 13.3 Å². The molecule has 0 aliphatic rings. The Morgan fingerprint density at radius 2 is 1.83 bits per heavy atom. The Labute approximate surface area is 139 Å². The molecule has 0 spiro atoms. The van der Waals surface area contributed by atoms with Gasteiger partial charge >= 0.3 is 0 Å². The molecular weight excluding hydrogens is 300 g/mol. The van der Waals surface area contributed by atoms with E-state index < -0.39 is 0 Å². The topological polar surface area (TPSA) is 48.2 Å². The second-order valence-electron chi connectivity index (χ2n) is 5.63. The molecule has 0 saturated heterocycles. The molecule has 2 aromatic heterocycles. The van der Waals surface area contributed by atoms with Crippen molar-refractivity contribution < 1.29 is 9.26 Å². The van der Waals surface area contributed by atoms with Crippen LogP contribution in [0.15, 0.2) is 65.3 Å². The molecule has 118 valence electrons. The van der Waals surface area contributed by atoms with Gasteiger partial charge in [0.15, 0.2) is 5.76 Å². The zero-order valence-electron chi connectivity index (χ0n) is 13.5. The third-order valence-electron chi connectivity index (χ3n) is 4.04. The molecule has 0 unspecified atom stereocenters. The van der Waals surface area contributed by atoms with E-state index in [1.165, 1.54) is 0 Å². The standard InChI is InChI=1S/C20H16N2O2/c1-13-10-17(16-8-3-4-9-19(16)22-13)20-18(12-21-24-20)14-6-5-7-15(11-14)23-2/h3-12H,1-2H3. The summed E-state index contributed by atoms with van der Waals surface area (Å²) in [7, 11) is 1.66. The first-order valence-corrected chi connectivity index (χ1v) is 7.72. The molecule has 0 atom stereocenters. The molecule has 0 fully saturated rings. The fraction of sp³-hybridized carbons (Fsp3) is 0.100. The van der Waals surface area contributed by atoms with E-state index >= 15 is 0 Å². The van der Waals surface area contributed by atoms with Crippen molar-refractivity contribution in [3.63, 3.8) is 0 Å². The Hall–Kier alpha value is -3.14. The minimum absolute atomic E-state index is 0.741. The average molecular weight is 316 g/mol. The zero-order valence-corrected chi connectivity index (χ0v) is 13.5. The van der Waals surface area contributed by atoms with Gasteiger partial charge in [0, 0.05) is 22.2 Å². The van der Waals surface area contributed by atoms with Crippen molar-refractivity contribution >= 4 is 10.9 Å². The Morgan fingerprint density at radius 3 is 2.71 bits per heavy atom. The smallest absolute Gasteiger partial charge is 0.175 e. The van der Waals surface area contributed by atoms with Gasteiger partial charge in [0.1, 0.15) is 5.75 Å². The number of aryl methyl sites for hydroxylation is 1. The normalized spacial score (nSPS) is 10.9. The number of rotatable bonds is 3. The molecule has 0 radical (unpaired) electrons. The van der Waals surface area contributed by atoms with Crippen LogP contribution in [0.1, 0.15) is 5.69 Å². The van der Waals surface area contributed by atoms with Crippen molar-refractivity contribution in [3.8, 4) is 28.2 Å². The average Bonchev–Trinajstić information content (AvgIpc) is 3.10. The minimum atomic E-state index is 0.741. The number of hydrogen-bond acceptors (Lipinski definition) is 4. The van der Waals surface area contributed by atoms with E-state index in [0.717, 1.165) is 44.8 Å². The summed E-state index contributed by atoms with van der Waals surface area (Å²) in [5, 5.41) is 5.08. The van der Waals surface area contributed by atoms with E-state index in [-0.39, 0.29) is 0 Å². The monoisotopic (exact) mass is 316 g/mol. The number of fused-ring (bicyclic) bond motifs is 1. The molecule has 0 aliphatic carbocycles. The highest BCUT2D eigenvalue weighted by Gasteiger charge is 2.16. The summed E-state index contributed by atoms with van der Waals surface area (Å²) < 4.78 is 10.9. The number of hydrogen-bond donors (Lipinski definition) is 0. The van der Waals surface area contributed by atoms with Gasteiger partial charge in [-0.3, -0.25) is 4.98 Å². The van der Waals surface area contributed by atoms with Crippen LogP contribution < -0.4 is 4.74 Å². The Bertz CT molecular complexity index is 1020. The molecule has 2 aromatic carbocycles. The Balaban J connectivity index is 1.95.